The van der Waals surface area contributed by atoms with Crippen LogP contribution in [0.5, 0.6) is 0 Å². The Balaban J connectivity index is 1.71. The van der Waals surface area contributed by atoms with Crippen molar-refractivity contribution in [3.63, 3.8) is 0 Å². The van der Waals surface area contributed by atoms with E-state index in [9.17, 15) is 0 Å². The number of unbranched alkanes of at least 4 members (excludes halogenated alkanes) is 1. The Bertz CT molecular complexity index is 404. The quantitative estimate of drug-likeness (QED) is 0.498. The molecule has 1 fully saturated rings. The second kappa shape index (κ2) is 8.33. The molecule has 0 atom stereocenters. The zero-order valence-corrected chi connectivity index (χ0v) is 12.7. The zero-order valence-electron chi connectivity index (χ0n) is 11.9. The van der Waals surface area contributed by atoms with Crippen molar-refractivity contribution in [2.24, 2.45) is 11.8 Å². The number of hydrogen-bond acceptors (Lipinski definition) is 1. The Hall–Kier alpha value is -0.870. The molecule has 0 aromatic heterocycles. The summed E-state index contributed by atoms with van der Waals surface area (Å²) in [5.74, 6) is 5.09. The van der Waals surface area contributed by atoms with Crippen molar-refractivity contribution in [3.8, 4) is 11.2 Å². The van der Waals surface area contributed by atoms with Gasteiger partial charge in [-0.2, -0.15) is 0 Å². The molecule has 0 N–H and O–H groups in total. The number of benzene rings is 1. The molecular weight excluding hydrogens is 248 g/mol. The predicted octanol–water partition coefficient (Wildman–Crippen LogP) is 5.74. The summed E-state index contributed by atoms with van der Waals surface area (Å²) < 4.78 is 0. The van der Waals surface area contributed by atoms with Crippen LogP contribution in [0.25, 0.3) is 0 Å². The van der Waals surface area contributed by atoms with Crippen molar-refractivity contribution >= 4 is 11.8 Å². The molecule has 1 aliphatic rings. The van der Waals surface area contributed by atoms with Crippen LogP contribution in [0.4, 0.5) is 0 Å². The fraction of sp³-hybridized carbons (Fsp3) is 0.556. The summed E-state index contributed by atoms with van der Waals surface area (Å²) in [5, 5.41) is 3.30. The summed E-state index contributed by atoms with van der Waals surface area (Å²) in [6.45, 7) is 2.29. The van der Waals surface area contributed by atoms with Gasteiger partial charge in [-0.1, -0.05) is 50.3 Å². The van der Waals surface area contributed by atoms with Crippen LogP contribution in [-0.2, 0) is 0 Å². The van der Waals surface area contributed by atoms with Crippen molar-refractivity contribution in [1.29, 1.82) is 0 Å². The van der Waals surface area contributed by atoms with Crippen molar-refractivity contribution < 1.29 is 0 Å². The lowest BCUT2D eigenvalue weighted by Crippen LogP contribution is -2.13. The standard InChI is InChI=1S/C18H24S/c1-2-3-7-16-10-12-17(13-11-16)14-15-19-18-8-5-4-6-9-18/h4-6,8-9,16-17H,2-3,7,10-13H2,1H3. The Morgan fingerprint density at radius 2 is 1.84 bits per heavy atom. The third kappa shape index (κ3) is 5.33. The minimum Gasteiger partial charge on any atom is -0.0875 e. The van der Waals surface area contributed by atoms with Crippen LogP contribution in [0.1, 0.15) is 51.9 Å². The average molecular weight is 272 g/mol. The average Bonchev–Trinajstić information content (AvgIpc) is 2.47. The van der Waals surface area contributed by atoms with Gasteiger partial charge in [-0.25, -0.2) is 0 Å². The number of rotatable bonds is 4. The van der Waals surface area contributed by atoms with Gasteiger partial charge in [0.1, 0.15) is 0 Å². The van der Waals surface area contributed by atoms with Gasteiger partial charge < -0.3 is 0 Å². The smallest absolute Gasteiger partial charge is 0.0212 e. The molecule has 1 heteroatoms. The molecule has 0 bridgehead atoms. The highest BCUT2D eigenvalue weighted by atomic mass is 32.2. The van der Waals surface area contributed by atoms with E-state index in [0.717, 1.165) is 5.92 Å². The molecule has 102 valence electrons. The zero-order chi connectivity index (χ0) is 13.3. The second-order valence-electron chi connectivity index (χ2n) is 5.52. The van der Waals surface area contributed by atoms with Crippen molar-refractivity contribution in [3.05, 3.63) is 30.3 Å². The van der Waals surface area contributed by atoms with Gasteiger partial charge in [0.2, 0.25) is 0 Å². The molecule has 1 saturated carbocycles. The minimum absolute atomic E-state index is 0.647. The number of hydrogen-bond donors (Lipinski definition) is 0. The topological polar surface area (TPSA) is 0 Å². The summed E-state index contributed by atoms with van der Waals surface area (Å²) in [6, 6.07) is 10.4. The fourth-order valence-electron chi connectivity index (χ4n) is 2.75. The molecule has 0 amide bonds. The molecule has 1 aliphatic carbocycles. The maximum atomic E-state index is 3.46. The first-order chi connectivity index (χ1) is 9.38. The predicted molar refractivity (Wildman–Crippen MR) is 85.0 cm³/mol. The van der Waals surface area contributed by atoms with E-state index in [1.807, 2.05) is 0 Å². The highest BCUT2D eigenvalue weighted by Gasteiger charge is 2.19. The van der Waals surface area contributed by atoms with E-state index in [0.29, 0.717) is 5.92 Å². The second-order valence-corrected chi connectivity index (χ2v) is 6.40. The van der Waals surface area contributed by atoms with Gasteiger partial charge in [0.25, 0.3) is 0 Å². The van der Waals surface area contributed by atoms with Gasteiger partial charge in [0.15, 0.2) is 0 Å². The molecule has 0 spiro atoms. The number of thioether (sulfide) groups is 1. The molecule has 0 radical (unpaired) electrons. The monoisotopic (exact) mass is 272 g/mol. The summed E-state index contributed by atoms with van der Waals surface area (Å²) >= 11 is 1.67. The molecule has 2 rings (SSSR count). The Labute approximate surface area is 122 Å². The van der Waals surface area contributed by atoms with Crippen LogP contribution in [-0.4, -0.2) is 0 Å². The van der Waals surface area contributed by atoms with Crippen molar-refractivity contribution in [2.75, 3.05) is 0 Å². The summed E-state index contributed by atoms with van der Waals surface area (Å²) in [5.41, 5.74) is 0. The third-order valence-electron chi connectivity index (χ3n) is 3.99. The molecule has 0 heterocycles. The van der Waals surface area contributed by atoms with Gasteiger partial charge in [0, 0.05) is 10.8 Å². The lowest BCUT2D eigenvalue weighted by Gasteiger charge is -2.25. The normalized spacial score (nSPS) is 22.6. The summed E-state index contributed by atoms with van der Waals surface area (Å²) in [6.07, 6.45) is 9.62. The molecule has 19 heavy (non-hydrogen) atoms. The largest absolute Gasteiger partial charge is 0.0875 e. The Kier molecular flexibility index (Phi) is 6.37. The lowest BCUT2D eigenvalue weighted by atomic mass is 9.80. The molecule has 1 aromatic carbocycles. The Morgan fingerprint density at radius 1 is 1.11 bits per heavy atom. The highest BCUT2D eigenvalue weighted by molar-refractivity contribution is 8.03. The van der Waals surface area contributed by atoms with Crippen molar-refractivity contribution in [1.82, 2.24) is 0 Å². The Morgan fingerprint density at radius 3 is 2.53 bits per heavy atom. The van der Waals surface area contributed by atoms with E-state index in [-0.39, 0.29) is 0 Å². The van der Waals surface area contributed by atoms with Gasteiger partial charge in [-0.15, -0.1) is 0 Å². The van der Waals surface area contributed by atoms with Crippen LogP contribution in [0.2, 0.25) is 0 Å². The molecular formula is C18H24S. The summed E-state index contributed by atoms with van der Waals surface area (Å²) in [7, 11) is 0. The maximum Gasteiger partial charge on any atom is 0.0212 e. The van der Waals surface area contributed by atoms with E-state index in [1.165, 1.54) is 49.8 Å². The van der Waals surface area contributed by atoms with E-state index < -0.39 is 0 Å². The van der Waals surface area contributed by atoms with Crippen LogP contribution in [0.3, 0.4) is 0 Å². The van der Waals surface area contributed by atoms with E-state index in [4.69, 9.17) is 0 Å². The van der Waals surface area contributed by atoms with Gasteiger partial charge >= 0.3 is 0 Å². The van der Waals surface area contributed by atoms with Crippen LogP contribution in [0, 0.1) is 23.0 Å². The van der Waals surface area contributed by atoms with Crippen LogP contribution in [0.15, 0.2) is 35.2 Å². The fourth-order valence-corrected chi connectivity index (χ4v) is 3.39. The van der Waals surface area contributed by atoms with Crippen LogP contribution < -0.4 is 0 Å². The SMILES string of the molecule is CCCCC1CCC(C#CSc2ccccc2)CC1. The molecule has 0 unspecified atom stereocenters. The maximum absolute atomic E-state index is 3.46. The molecule has 0 saturated heterocycles. The molecule has 0 aliphatic heterocycles. The van der Waals surface area contributed by atoms with Gasteiger partial charge in [0.05, 0.1) is 0 Å². The minimum atomic E-state index is 0.647. The van der Waals surface area contributed by atoms with Crippen molar-refractivity contribution in [2.45, 2.75) is 56.8 Å². The first-order valence-corrected chi connectivity index (χ1v) is 8.42. The first kappa shape index (κ1) is 14.5. The third-order valence-corrected chi connectivity index (χ3v) is 4.72. The lowest BCUT2D eigenvalue weighted by molar-refractivity contribution is 0.296. The molecule has 1 aromatic rings. The highest BCUT2D eigenvalue weighted by Crippen LogP contribution is 2.31. The van der Waals surface area contributed by atoms with E-state index >= 15 is 0 Å². The summed E-state index contributed by atoms with van der Waals surface area (Å²) in [4.78, 5) is 1.26. The van der Waals surface area contributed by atoms with Gasteiger partial charge in [-0.05, 0) is 60.7 Å². The van der Waals surface area contributed by atoms with Gasteiger partial charge in [-0.3, -0.25) is 0 Å². The molecule has 0 nitrogen and oxygen atoms in total. The van der Waals surface area contributed by atoms with E-state index in [1.54, 1.807) is 11.8 Å². The van der Waals surface area contributed by atoms with E-state index in [2.05, 4.69) is 48.4 Å². The first-order valence-electron chi connectivity index (χ1n) is 7.61. The van der Waals surface area contributed by atoms with Crippen LogP contribution >= 0.6 is 11.8 Å².